The Hall–Kier alpha value is -10.7. The Kier molecular flexibility index (Phi) is 22.1. The molecule has 12 aromatic rings. The van der Waals surface area contributed by atoms with Gasteiger partial charge in [0.05, 0.1) is 35.7 Å². The number of carbonyl (C=O) groups is 5. The van der Waals surface area contributed by atoms with Crippen LogP contribution in [0.15, 0.2) is 184 Å². The molecule has 0 saturated heterocycles. The van der Waals surface area contributed by atoms with Gasteiger partial charge >= 0.3 is 0 Å². The van der Waals surface area contributed by atoms with Crippen LogP contribution in [0.5, 0.6) is 0 Å². The number of H-pyrrole nitrogens is 2. The Labute approximate surface area is 507 Å². The molecule has 0 aliphatic rings. The van der Waals surface area contributed by atoms with E-state index in [0.29, 0.717) is 12.2 Å². The largest absolute Gasteiger partial charge is 0.346 e. The number of aromatic nitrogens is 12. The first-order valence-corrected chi connectivity index (χ1v) is 28.2. The maximum atomic E-state index is 12.2. The number of aryl methyl sites for hydroxylation is 2. The third-order valence-corrected chi connectivity index (χ3v) is 13.5. The molecule has 0 saturated carbocycles. The lowest BCUT2D eigenvalue weighted by Gasteiger charge is -2.18. The minimum Gasteiger partial charge on any atom is -0.346 e. The first kappa shape index (κ1) is 63.8. The fraction of sp³-hybridized carbons (Fsp3) is 0.200. The van der Waals surface area contributed by atoms with Gasteiger partial charge in [-0.3, -0.25) is 64.1 Å². The van der Waals surface area contributed by atoms with Crippen molar-refractivity contribution in [2.24, 2.45) is 10.8 Å². The number of hydrogen-bond acceptors (Lipinski definition) is 15. The van der Waals surface area contributed by atoms with Crippen LogP contribution >= 0.6 is 11.3 Å². The lowest BCUT2D eigenvalue weighted by Crippen LogP contribution is -2.27. The van der Waals surface area contributed by atoms with Crippen molar-refractivity contribution in [3.63, 3.8) is 0 Å². The molecule has 10 heterocycles. The van der Waals surface area contributed by atoms with Gasteiger partial charge in [0.2, 0.25) is 23.6 Å². The minimum atomic E-state index is -0.365. The average molecular weight is 1190 g/mol. The lowest BCUT2D eigenvalue weighted by molar-refractivity contribution is -0.123. The van der Waals surface area contributed by atoms with Gasteiger partial charge < -0.3 is 21.3 Å². The Bertz CT molecular complexity index is 4210. The summed E-state index contributed by atoms with van der Waals surface area (Å²) in [6.07, 6.45) is 21.9. The summed E-state index contributed by atoms with van der Waals surface area (Å²) in [6.45, 7) is 18.5. The van der Waals surface area contributed by atoms with E-state index in [0.717, 1.165) is 76.3 Å². The summed E-state index contributed by atoms with van der Waals surface area (Å²) in [6, 6.07) is 32.9. The predicted octanol–water partition coefficient (Wildman–Crippen LogP) is 12.6. The van der Waals surface area contributed by atoms with E-state index >= 15 is 0 Å². The van der Waals surface area contributed by atoms with Crippen molar-refractivity contribution >= 4 is 101 Å². The zero-order valence-electron chi connectivity index (χ0n) is 49.9. The number of aromatic amines is 2. The van der Waals surface area contributed by atoms with Crippen molar-refractivity contribution in [1.82, 2.24) is 65.4 Å². The topological polar surface area (TPSA) is 286 Å². The highest BCUT2D eigenvalue weighted by Crippen LogP contribution is 2.34. The monoisotopic (exact) mass is 1180 g/mol. The van der Waals surface area contributed by atoms with Crippen LogP contribution in [0.2, 0.25) is 0 Å². The molecule has 0 aliphatic heterocycles. The zero-order valence-corrected chi connectivity index (χ0v) is 50.8. The molecule has 0 fully saturated rings. The molecule has 12 rings (SSSR count). The number of hydrogen-bond donors (Lipinski definition) is 6. The van der Waals surface area contributed by atoms with Gasteiger partial charge in [-0.15, -0.1) is 11.3 Å². The fourth-order valence-corrected chi connectivity index (χ4v) is 8.59. The number of rotatable bonds is 7. The fourth-order valence-electron chi connectivity index (χ4n) is 7.66. The molecule has 444 valence electrons. The number of thiophene rings is 1. The molecule has 0 spiro atoms. The van der Waals surface area contributed by atoms with Crippen molar-refractivity contribution in [2.75, 3.05) is 16.0 Å². The van der Waals surface area contributed by atoms with Crippen LogP contribution in [0.1, 0.15) is 86.7 Å². The maximum Gasteiger partial charge on any atom is 0.270 e. The molecule has 0 atom stereocenters. The normalized spacial score (nSPS) is 10.7. The third-order valence-electron chi connectivity index (χ3n) is 12.5. The van der Waals surface area contributed by atoms with E-state index in [9.17, 15) is 24.0 Å². The highest BCUT2D eigenvalue weighted by Gasteiger charge is 2.22. The number of fused-ring (bicyclic) bond motifs is 4. The Morgan fingerprint density at radius 2 is 1.17 bits per heavy atom. The quantitative estimate of drug-likeness (QED) is 0.0865. The van der Waals surface area contributed by atoms with E-state index in [1.807, 2.05) is 73.6 Å². The number of carbonyl (C=O) groups excluding carboxylic acids is 5. The molecule has 22 heteroatoms. The molecule has 4 amide bonds. The number of amides is 4. The van der Waals surface area contributed by atoms with Gasteiger partial charge in [-0.05, 0) is 96.4 Å². The second-order valence-electron chi connectivity index (χ2n) is 21.5. The van der Waals surface area contributed by atoms with Gasteiger partial charge in [-0.25, -0.2) is 4.68 Å². The summed E-state index contributed by atoms with van der Waals surface area (Å²) in [5, 5.41) is 34.9. The summed E-state index contributed by atoms with van der Waals surface area (Å²) < 4.78 is 1.36. The van der Waals surface area contributed by atoms with Gasteiger partial charge in [-0.2, -0.15) is 15.3 Å². The SMILES string of the molecule is CC(=O)Nc1ccncc1C.CC(=O)n1ncc2cnccc21.CC(C)(C)C(=O)Nc1ccncc1.Cc1cnccc1NC(=O)C(C)(C)C.O=C(NCc1cc2c(-c3ccc4ccccc4c3)[nH]nc2s1)c1ccccn1.c1cc2[nH]ncc2cn1. The predicted molar refractivity (Wildman–Crippen MR) is 343 cm³/mol. The van der Waals surface area contributed by atoms with E-state index in [1.54, 1.807) is 140 Å². The molecule has 0 bridgehead atoms. The van der Waals surface area contributed by atoms with Crippen LogP contribution in [0.25, 0.3) is 54.1 Å². The summed E-state index contributed by atoms with van der Waals surface area (Å²) >= 11 is 1.58. The summed E-state index contributed by atoms with van der Waals surface area (Å²) in [5.41, 5.74) is 8.03. The van der Waals surface area contributed by atoms with Crippen LogP contribution in [0, 0.1) is 24.7 Å². The smallest absolute Gasteiger partial charge is 0.270 e. The molecule has 0 radical (unpaired) electrons. The zero-order chi connectivity index (χ0) is 62.5. The van der Waals surface area contributed by atoms with E-state index in [2.05, 4.69) is 113 Å². The van der Waals surface area contributed by atoms with Crippen molar-refractivity contribution in [2.45, 2.75) is 75.8 Å². The van der Waals surface area contributed by atoms with E-state index in [-0.39, 0.29) is 40.4 Å². The van der Waals surface area contributed by atoms with Crippen molar-refractivity contribution in [3.8, 4) is 11.3 Å². The first-order valence-electron chi connectivity index (χ1n) is 27.4. The number of anilines is 3. The summed E-state index contributed by atoms with van der Waals surface area (Å²) in [4.78, 5) is 82.6. The van der Waals surface area contributed by atoms with Crippen LogP contribution in [0.3, 0.4) is 0 Å². The number of nitrogens with one attached hydrogen (secondary N) is 6. The van der Waals surface area contributed by atoms with Gasteiger partial charge in [0, 0.05) is 137 Å². The van der Waals surface area contributed by atoms with Gasteiger partial charge in [0.15, 0.2) is 0 Å². The molecule has 87 heavy (non-hydrogen) atoms. The number of nitrogens with zero attached hydrogens (tertiary/aromatic N) is 10. The molecular weight excluding hydrogens is 1120 g/mol. The van der Waals surface area contributed by atoms with E-state index in [4.69, 9.17) is 0 Å². The molecule has 0 unspecified atom stereocenters. The Morgan fingerprint density at radius 3 is 1.80 bits per heavy atom. The summed E-state index contributed by atoms with van der Waals surface area (Å²) in [7, 11) is 0. The van der Waals surface area contributed by atoms with Crippen LogP contribution in [-0.4, -0.2) is 89.6 Å². The summed E-state index contributed by atoms with van der Waals surface area (Å²) in [5.74, 6) is -0.288. The second kappa shape index (κ2) is 30.2. The second-order valence-corrected chi connectivity index (χ2v) is 22.7. The highest BCUT2D eigenvalue weighted by molar-refractivity contribution is 7.18. The lowest BCUT2D eigenvalue weighted by atomic mass is 9.95. The molecule has 6 N–H and O–H groups in total. The third kappa shape index (κ3) is 18.9. The average Bonchev–Trinajstić information content (AvgIpc) is 1.97. The van der Waals surface area contributed by atoms with Crippen LogP contribution < -0.4 is 21.3 Å². The van der Waals surface area contributed by atoms with Gasteiger partial charge in [0.25, 0.3) is 5.91 Å². The van der Waals surface area contributed by atoms with Crippen molar-refractivity contribution < 1.29 is 24.0 Å². The Balaban J connectivity index is 0.000000158. The first-order chi connectivity index (χ1) is 41.6. The van der Waals surface area contributed by atoms with Crippen LogP contribution in [0.4, 0.5) is 17.1 Å². The molecular formula is C65H68N16O5S. The van der Waals surface area contributed by atoms with E-state index < -0.39 is 0 Å². The maximum absolute atomic E-state index is 12.2. The number of benzene rings is 2. The molecule has 2 aromatic carbocycles. The highest BCUT2D eigenvalue weighted by atomic mass is 32.1. The Morgan fingerprint density at radius 1 is 0.563 bits per heavy atom. The minimum absolute atomic E-state index is 0.0127. The van der Waals surface area contributed by atoms with Crippen LogP contribution in [-0.2, 0) is 20.9 Å². The molecule has 10 aromatic heterocycles. The number of pyridine rings is 6. The van der Waals surface area contributed by atoms with Gasteiger partial charge in [0.1, 0.15) is 10.5 Å². The molecule has 0 aliphatic carbocycles. The van der Waals surface area contributed by atoms with Crippen molar-refractivity contribution in [1.29, 1.82) is 0 Å². The molecule has 21 nitrogen and oxygen atoms in total. The van der Waals surface area contributed by atoms with E-state index in [1.165, 1.54) is 29.3 Å². The van der Waals surface area contributed by atoms with Crippen molar-refractivity contribution in [3.05, 3.63) is 205 Å². The standard InChI is InChI=1S/C22H16N4OS.C11H16N2O.C10H14N2O.C8H7N3O.C8H10N2O.C6H5N3/c27-21(19-7-3-4-10-23-19)24-13-17-12-18-20(25-26-22(18)28-17)16-9-8-14-5-1-2-6-15(14)11-16;1-8-7-12-6-5-9(8)13-10(14)11(2,3)4;1-10(2,3)9(13)12-8-4-6-11-7-5-8;1-6(12)11-8-2-3-9-4-7(8)5-10-11;1-6-5-9-4-3-8(6)10-7(2)11;1-2-7-3-5-4-8-9-6(1)5/h1-12H,13H2,(H,24,27)(H,25,26);5-7H,1-4H3,(H,12,13,14);4-7H,1-3H3,(H,11,12,13);2-5H,1H3;3-5H,1-2H3,(H,9,10,11);1-4H,(H,8,9). The van der Waals surface area contributed by atoms with Gasteiger partial charge in [-0.1, -0.05) is 84.0 Å².